The molecule has 0 spiro atoms. The quantitative estimate of drug-likeness (QED) is 0.647. The maximum absolute atomic E-state index is 5.34. The second-order valence-electron chi connectivity index (χ2n) is 0.869. The van der Waals surface area contributed by atoms with Crippen molar-refractivity contribution in [2.75, 3.05) is 5.88 Å². The number of halogens is 3. The van der Waals surface area contributed by atoms with Crippen LogP contribution in [0.4, 0.5) is 0 Å². The molecule has 0 rings (SSSR count). The van der Waals surface area contributed by atoms with Gasteiger partial charge >= 0.3 is 0 Å². The Hall–Kier alpha value is 1.25. The summed E-state index contributed by atoms with van der Waals surface area (Å²) in [6, 6.07) is 0. The van der Waals surface area contributed by atoms with Crippen molar-refractivity contribution in [2.24, 2.45) is 0 Å². The first-order chi connectivity index (χ1) is 2.77. The summed E-state index contributed by atoms with van der Waals surface area (Å²) in [4.78, 5) is 0. The van der Waals surface area contributed by atoms with Crippen LogP contribution in [-0.2, 0) is 0 Å². The van der Waals surface area contributed by atoms with Gasteiger partial charge in [0, 0.05) is 5.88 Å². The van der Waals surface area contributed by atoms with Crippen molar-refractivity contribution in [3.63, 3.8) is 0 Å². The van der Waals surface area contributed by atoms with Crippen molar-refractivity contribution < 1.29 is 0 Å². The third-order valence-electron chi connectivity index (χ3n) is 0.327. The van der Waals surface area contributed by atoms with E-state index in [4.69, 9.17) is 11.6 Å². The number of alkyl halides is 3. The lowest BCUT2D eigenvalue weighted by Gasteiger charge is -1.90. The fraction of sp³-hybridized carbons (Fsp3) is 1.00. The Morgan fingerprint density at radius 3 is 2.00 bits per heavy atom. The first kappa shape index (κ1) is 7.25. The molecular weight excluding hydrogens is 231 g/mol. The summed E-state index contributed by atoms with van der Waals surface area (Å²) in [5, 5.41) is 0. The Balaban J connectivity index is 2.63. The van der Waals surface area contributed by atoms with Crippen LogP contribution in [0, 0.1) is 0 Å². The van der Waals surface area contributed by atoms with E-state index in [9.17, 15) is 0 Å². The molecule has 0 aromatic carbocycles. The number of hydrogen-bond donors (Lipinski definition) is 0. The Morgan fingerprint density at radius 1 is 1.50 bits per heavy atom. The van der Waals surface area contributed by atoms with Gasteiger partial charge in [-0.3, -0.25) is 0 Å². The van der Waals surface area contributed by atoms with Gasteiger partial charge in [0.2, 0.25) is 0 Å². The van der Waals surface area contributed by atoms with E-state index in [2.05, 4.69) is 31.9 Å². The molecule has 0 aromatic heterocycles. The fourth-order valence-corrected chi connectivity index (χ4v) is 1.29. The van der Waals surface area contributed by atoms with E-state index < -0.39 is 0 Å². The molecule has 0 amide bonds. The molecule has 0 nitrogen and oxygen atoms in total. The lowest BCUT2D eigenvalue weighted by atomic mass is 10.6. The lowest BCUT2D eigenvalue weighted by Crippen LogP contribution is -1.82. The zero-order valence-electron chi connectivity index (χ0n) is 3.13. The van der Waals surface area contributed by atoms with Gasteiger partial charge in [0.1, 0.15) is 0 Å². The second-order valence-corrected chi connectivity index (χ2v) is 4.69. The van der Waals surface area contributed by atoms with Crippen LogP contribution in [0.15, 0.2) is 0 Å². The molecule has 0 saturated carbocycles. The zero-order chi connectivity index (χ0) is 4.99. The van der Waals surface area contributed by atoms with Gasteiger partial charge in [0.15, 0.2) is 0 Å². The van der Waals surface area contributed by atoms with Crippen molar-refractivity contribution in [1.82, 2.24) is 0 Å². The number of rotatable bonds is 2. The normalized spacial score (nSPS) is 10.0. The van der Waals surface area contributed by atoms with Gasteiger partial charge in [-0.15, -0.1) is 11.6 Å². The zero-order valence-corrected chi connectivity index (χ0v) is 7.05. The molecule has 0 radical (unpaired) electrons. The topological polar surface area (TPSA) is 0 Å². The minimum atomic E-state index is 0.391. The van der Waals surface area contributed by atoms with Gasteiger partial charge in [0.05, 0.1) is 3.74 Å². The lowest BCUT2D eigenvalue weighted by molar-refractivity contribution is 1.09. The fourth-order valence-electron chi connectivity index (χ4n) is 0.0825. The molecule has 0 aliphatic rings. The average molecular weight is 236 g/mol. The van der Waals surface area contributed by atoms with E-state index >= 15 is 0 Å². The molecule has 38 valence electrons. The molecular formula is C3H5Br2Cl. The summed E-state index contributed by atoms with van der Waals surface area (Å²) in [5.74, 6) is 0.709. The summed E-state index contributed by atoms with van der Waals surface area (Å²) < 4.78 is 0.391. The van der Waals surface area contributed by atoms with Crippen LogP contribution in [0.25, 0.3) is 0 Å². The third-order valence-corrected chi connectivity index (χ3v) is 1.46. The summed E-state index contributed by atoms with van der Waals surface area (Å²) in [5.41, 5.74) is 0. The molecule has 6 heavy (non-hydrogen) atoms. The standard InChI is InChI=1S/C3H5Br2Cl/c4-3(5)1-2-6/h3H,1-2H2. The molecule has 0 aliphatic carbocycles. The highest BCUT2D eigenvalue weighted by Crippen LogP contribution is 2.12. The van der Waals surface area contributed by atoms with Crippen LogP contribution < -0.4 is 0 Å². The monoisotopic (exact) mass is 234 g/mol. The van der Waals surface area contributed by atoms with Gasteiger partial charge in [-0.1, -0.05) is 31.9 Å². The SMILES string of the molecule is ClCCC(Br)Br. The van der Waals surface area contributed by atoms with E-state index in [0.29, 0.717) is 9.62 Å². The van der Waals surface area contributed by atoms with E-state index in [1.807, 2.05) is 0 Å². The Kier molecular flexibility index (Phi) is 5.33. The molecule has 0 aromatic rings. The molecule has 0 unspecified atom stereocenters. The molecule has 3 heteroatoms. The van der Waals surface area contributed by atoms with Crippen molar-refractivity contribution >= 4 is 43.5 Å². The molecule has 0 bridgehead atoms. The van der Waals surface area contributed by atoms with Crippen LogP contribution in [0.5, 0.6) is 0 Å². The van der Waals surface area contributed by atoms with E-state index in [-0.39, 0.29) is 0 Å². The van der Waals surface area contributed by atoms with E-state index in [1.54, 1.807) is 0 Å². The molecule has 0 atom stereocenters. The smallest absolute Gasteiger partial charge is 0.0709 e. The third kappa shape index (κ3) is 5.25. The molecule has 0 N–H and O–H groups in total. The highest BCUT2D eigenvalue weighted by molar-refractivity contribution is 9.24. The first-order valence-corrected chi connectivity index (χ1v) is 3.98. The van der Waals surface area contributed by atoms with Crippen LogP contribution in [-0.4, -0.2) is 9.62 Å². The van der Waals surface area contributed by atoms with E-state index in [1.165, 1.54) is 0 Å². The highest BCUT2D eigenvalue weighted by atomic mass is 79.9. The van der Waals surface area contributed by atoms with Crippen LogP contribution in [0.1, 0.15) is 6.42 Å². The summed E-state index contributed by atoms with van der Waals surface area (Å²) >= 11 is 11.9. The maximum atomic E-state index is 5.34. The van der Waals surface area contributed by atoms with Crippen molar-refractivity contribution in [3.05, 3.63) is 0 Å². The largest absolute Gasteiger partial charge is 0.127 e. The molecule has 0 heterocycles. The average Bonchev–Trinajstić information content (AvgIpc) is 1.35. The van der Waals surface area contributed by atoms with Gasteiger partial charge in [-0.05, 0) is 6.42 Å². The Morgan fingerprint density at radius 2 is 2.00 bits per heavy atom. The van der Waals surface area contributed by atoms with Crippen molar-refractivity contribution in [3.8, 4) is 0 Å². The van der Waals surface area contributed by atoms with Gasteiger partial charge in [0.25, 0.3) is 0 Å². The van der Waals surface area contributed by atoms with Crippen LogP contribution in [0.3, 0.4) is 0 Å². The van der Waals surface area contributed by atoms with Gasteiger partial charge in [-0.25, -0.2) is 0 Å². The predicted octanol–water partition coefficient (Wildman–Crippen LogP) is 2.73. The minimum absolute atomic E-state index is 0.391. The molecule has 0 fully saturated rings. The van der Waals surface area contributed by atoms with Gasteiger partial charge < -0.3 is 0 Å². The molecule has 0 aliphatic heterocycles. The number of hydrogen-bond acceptors (Lipinski definition) is 0. The first-order valence-electron chi connectivity index (χ1n) is 1.61. The summed E-state index contributed by atoms with van der Waals surface area (Å²) in [6.45, 7) is 0. The Bertz CT molecular complexity index is 30.0. The maximum Gasteiger partial charge on any atom is 0.0709 e. The summed E-state index contributed by atoms with van der Waals surface area (Å²) in [7, 11) is 0. The Labute approximate surface area is 59.5 Å². The van der Waals surface area contributed by atoms with Crippen molar-refractivity contribution in [1.29, 1.82) is 0 Å². The van der Waals surface area contributed by atoms with E-state index in [0.717, 1.165) is 6.42 Å². The molecule has 0 saturated heterocycles. The van der Waals surface area contributed by atoms with Crippen LogP contribution >= 0.6 is 43.5 Å². The van der Waals surface area contributed by atoms with Gasteiger partial charge in [-0.2, -0.15) is 0 Å². The predicted molar refractivity (Wildman–Crippen MR) is 37.0 cm³/mol. The van der Waals surface area contributed by atoms with Crippen LogP contribution in [0.2, 0.25) is 0 Å². The van der Waals surface area contributed by atoms with Crippen molar-refractivity contribution in [2.45, 2.75) is 10.2 Å². The highest BCUT2D eigenvalue weighted by Gasteiger charge is 1.91. The minimum Gasteiger partial charge on any atom is -0.127 e. The summed E-state index contributed by atoms with van der Waals surface area (Å²) in [6.07, 6.45) is 0.974. The second kappa shape index (κ2) is 4.41.